The lowest BCUT2D eigenvalue weighted by molar-refractivity contribution is 0.783. The molecule has 0 amide bonds. The molecule has 0 saturated carbocycles. The topological polar surface area (TPSA) is 17.8 Å². The monoisotopic (exact) mass is 156 g/mol. The van der Waals surface area contributed by atoms with E-state index in [1.54, 1.807) is 0 Å². The first-order valence-electron chi connectivity index (χ1n) is 3.87. The number of benzene rings is 1. The van der Waals surface area contributed by atoms with E-state index in [0.29, 0.717) is 0 Å². The Bertz CT molecular complexity index is 431. The molecule has 0 spiro atoms. The summed E-state index contributed by atoms with van der Waals surface area (Å²) >= 11 is 0. The fourth-order valence-electron chi connectivity index (χ4n) is 1.46. The molecule has 2 rings (SSSR count). The van der Waals surface area contributed by atoms with Crippen LogP contribution in [0.15, 0.2) is 18.2 Å². The van der Waals surface area contributed by atoms with E-state index < -0.39 is 0 Å². The van der Waals surface area contributed by atoms with Gasteiger partial charge in [-0.05, 0) is 13.0 Å². The Labute approximate surface area is 72.6 Å². The maximum Gasteiger partial charge on any atom is 0.113 e. The minimum atomic E-state index is 0.783. The van der Waals surface area contributed by atoms with Gasteiger partial charge < -0.3 is 0 Å². The van der Waals surface area contributed by atoms with E-state index in [0.717, 1.165) is 16.7 Å². The molecule has 58 valence electrons. The quantitative estimate of drug-likeness (QED) is 0.512. The molecule has 2 radical (unpaired) electrons. The van der Waals surface area contributed by atoms with E-state index >= 15 is 0 Å². The van der Waals surface area contributed by atoms with Crippen LogP contribution in [0, 0.1) is 6.92 Å². The molecular weight excluding hydrogens is 147 g/mol. The number of hydrogen-bond acceptors (Lipinski definition) is 1. The van der Waals surface area contributed by atoms with E-state index in [2.05, 4.69) is 5.10 Å². The summed E-state index contributed by atoms with van der Waals surface area (Å²) in [5.74, 6) is 0. The van der Waals surface area contributed by atoms with Gasteiger partial charge in [0.05, 0.1) is 11.2 Å². The molecule has 2 aromatic rings. The van der Waals surface area contributed by atoms with Crippen molar-refractivity contribution in [1.82, 2.24) is 9.78 Å². The Balaban J connectivity index is 2.90. The van der Waals surface area contributed by atoms with Crippen molar-refractivity contribution in [2.45, 2.75) is 6.92 Å². The lowest BCUT2D eigenvalue weighted by atomic mass is 9.95. The Morgan fingerprint density at radius 3 is 2.92 bits per heavy atom. The van der Waals surface area contributed by atoms with Crippen molar-refractivity contribution in [2.75, 3.05) is 0 Å². The van der Waals surface area contributed by atoms with Crippen molar-refractivity contribution >= 4 is 24.2 Å². The van der Waals surface area contributed by atoms with Crippen LogP contribution in [0.4, 0.5) is 0 Å². The van der Waals surface area contributed by atoms with Gasteiger partial charge in [0.15, 0.2) is 0 Å². The summed E-state index contributed by atoms with van der Waals surface area (Å²) in [4.78, 5) is 0. The zero-order valence-corrected chi connectivity index (χ0v) is 7.20. The molecule has 0 unspecified atom stereocenters. The van der Waals surface area contributed by atoms with E-state index in [9.17, 15) is 0 Å². The van der Waals surface area contributed by atoms with Crippen molar-refractivity contribution in [3.63, 3.8) is 0 Å². The number of aryl methyl sites for hydroxylation is 2. The number of fused-ring (bicyclic) bond motifs is 1. The van der Waals surface area contributed by atoms with E-state index in [1.807, 2.05) is 36.9 Å². The van der Waals surface area contributed by atoms with Crippen LogP contribution >= 0.6 is 0 Å². The van der Waals surface area contributed by atoms with E-state index in [4.69, 9.17) is 7.85 Å². The molecule has 0 N–H and O–H groups in total. The third-order valence-electron chi connectivity index (χ3n) is 2.06. The molecule has 0 saturated heterocycles. The normalized spacial score (nSPS) is 10.8. The highest BCUT2D eigenvalue weighted by atomic mass is 15.3. The van der Waals surface area contributed by atoms with Crippen molar-refractivity contribution < 1.29 is 0 Å². The second kappa shape index (κ2) is 2.37. The second-order valence-corrected chi connectivity index (χ2v) is 2.99. The molecule has 0 bridgehead atoms. The molecule has 1 heterocycles. The summed E-state index contributed by atoms with van der Waals surface area (Å²) in [7, 11) is 7.59. The Morgan fingerprint density at radius 1 is 1.42 bits per heavy atom. The predicted molar refractivity (Wildman–Crippen MR) is 50.8 cm³/mol. The van der Waals surface area contributed by atoms with Crippen LogP contribution in [0.3, 0.4) is 0 Å². The van der Waals surface area contributed by atoms with Crippen LogP contribution in [-0.4, -0.2) is 17.6 Å². The van der Waals surface area contributed by atoms with Gasteiger partial charge in [-0.2, -0.15) is 5.10 Å². The minimum absolute atomic E-state index is 0.783. The molecule has 0 aliphatic carbocycles. The van der Waals surface area contributed by atoms with Crippen molar-refractivity contribution in [1.29, 1.82) is 0 Å². The summed E-state index contributed by atoms with van der Waals surface area (Å²) in [6.07, 6.45) is 0. The van der Waals surface area contributed by atoms with Crippen molar-refractivity contribution in [3.05, 3.63) is 23.9 Å². The average molecular weight is 156 g/mol. The number of hydrogen-bond donors (Lipinski definition) is 0. The predicted octanol–water partition coefficient (Wildman–Crippen LogP) is 0.676. The minimum Gasteiger partial charge on any atom is -0.268 e. The van der Waals surface area contributed by atoms with Gasteiger partial charge in [0.25, 0.3) is 0 Å². The maximum atomic E-state index is 5.66. The molecule has 0 aliphatic rings. The van der Waals surface area contributed by atoms with E-state index in [1.165, 1.54) is 5.39 Å². The molecule has 3 heteroatoms. The Kier molecular flexibility index (Phi) is 1.46. The van der Waals surface area contributed by atoms with Gasteiger partial charge in [0.1, 0.15) is 7.85 Å². The number of rotatable bonds is 0. The lowest BCUT2D eigenvalue weighted by Crippen LogP contribution is -2.01. The summed E-state index contributed by atoms with van der Waals surface area (Å²) in [5, 5.41) is 5.47. The molecule has 0 aliphatic heterocycles. The third-order valence-corrected chi connectivity index (χ3v) is 2.06. The first-order chi connectivity index (χ1) is 5.68. The van der Waals surface area contributed by atoms with Crippen LogP contribution in [0.2, 0.25) is 0 Å². The molecule has 12 heavy (non-hydrogen) atoms. The largest absolute Gasteiger partial charge is 0.268 e. The highest BCUT2D eigenvalue weighted by Crippen LogP contribution is 2.14. The fraction of sp³-hybridized carbons (Fsp3) is 0.222. The van der Waals surface area contributed by atoms with Crippen molar-refractivity contribution in [3.8, 4) is 0 Å². The fourth-order valence-corrected chi connectivity index (χ4v) is 1.46. The lowest BCUT2D eigenvalue weighted by Gasteiger charge is -1.95. The SMILES string of the molecule is [B]c1ccc2c(C)nn(C)c2c1. The maximum absolute atomic E-state index is 5.66. The van der Waals surface area contributed by atoms with Gasteiger partial charge in [0.2, 0.25) is 0 Å². The van der Waals surface area contributed by atoms with Crippen LogP contribution in [-0.2, 0) is 7.05 Å². The van der Waals surface area contributed by atoms with Crippen molar-refractivity contribution in [2.24, 2.45) is 7.05 Å². The van der Waals surface area contributed by atoms with E-state index in [-0.39, 0.29) is 0 Å². The molecule has 0 fully saturated rings. The van der Waals surface area contributed by atoms with Gasteiger partial charge in [-0.25, -0.2) is 0 Å². The van der Waals surface area contributed by atoms with Crippen LogP contribution < -0.4 is 5.46 Å². The zero-order valence-electron chi connectivity index (χ0n) is 7.20. The van der Waals surface area contributed by atoms with Gasteiger partial charge in [0, 0.05) is 12.4 Å². The Hall–Kier alpha value is -1.25. The molecule has 1 aromatic heterocycles. The number of nitrogens with zero attached hydrogens (tertiary/aromatic N) is 2. The highest BCUT2D eigenvalue weighted by molar-refractivity contribution is 6.33. The summed E-state index contributed by atoms with van der Waals surface area (Å²) in [5.41, 5.74) is 2.92. The smallest absolute Gasteiger partial charge is 0.113 e. The Morgan fingerprint density at radius 2 is 2.17 bits per heavy atom. The van der Waals surface area contributed by atoms with Gasteiger partial charge in [-0.1, -0.05) is 17.6 Å². The first-order valence-corrected chi connectivity index (χ1v) is 3.87. The summed E-state index contributed by atoms with van der Waals surface area (Å²) in [6, 6.07) is 5.85. The third kappa shape index (κ3) is 0.933. The van der Waals surface area contributed by atoms with Crippen LogP contribution in [0.5, 0.6) is 0 Å². The van der Waals surface area contributed by atoms with Crippen LogP contribution in [0.25, 0.3) is 10.9 Å². The highest BCUT2D eigenvalue weighted by Gasteiger charge is 2.02. The molecular formula is C9H9BN2. The van der Waals surface area contributed by atoms with Gasteiger partial charge in [-0.3, -0.25) is 4.68 Å². The van der Waals surface area contributed by atoms with Gasteiger partial charge >= 0.3 is 0 Å². The molecule has 2 nitrogen and oxygen atoms in total. The average Bonchev–Trinajstić information content (AvgIpc) is 2.28. The summed E-state index contributed by atoms with van der Waals surface area (Å²) < 4.78 is 1.85. The molecule has 0 atom stereocenters. The summed E-state index contributed by atoms with van der Waals surface area (Å²) in [6.45, 7) is 2.00. The van der Waals surface area contributed by atoms with Gasteiger partial charge in [-0.15, -0.1) is 0 Å². The first kappa shape index (κ1) is 7.41. The number of aromatic nitrogens is 2. The molecule has 1 aromatic carbocycles. The standard InChI is InChI=1S/C9H9BN2/c1-6-8-4-3-7(10)5-9(8)12(2)11-6/h3-5H,1-2H3. The zero-order chi connectivity index (χ0) is 8.72. The second-order valence-electron chi connectivity index (χ2n) is 2.99. The van der Waals surface area contributed by atoms with Crippen LogP contribution in [0.1, 0.15) is 5.69 Å².